The molecule has 0 bridgehead atoms. The van der Waals surface area contributed by atoms with Gasteiger partial charge in [-0.25, -0.2) is 4.39 Å². The second-order valence-corrected chi connectivity index (χ2v) is 3.25. The molecule has 0 saturated heterocycles. The molecule has 1 aromatic rings. The maximum Gasteiger partial charge on any atom is 0.165 e. The normalized spacial score (nSPS) is 12.5. The van der Waals surface area contributed by atoms with E-state index in [0.717, 1.165) is 6.42 Å². The van der Waals surface area contributed by atoms with Gasteiger partial charge in [-0.3, -0.25) is 0 Å². The van der Waals surface area contributed by atoms with E-state index in [1.54, 1.807) is 18.2 Å². The van der Waals surface area contributed by atoms with E-state index in [2.05, 4.69) is 0 Å². The molecule has 0 spiro atoms. The van der Waals surface area contributed by atoms with Crippen molar-refractivity contribution in [1.29, 1.82) is 0 Å². The van der Waals surface area contributed by atoms with Gasteiger partial charge in [0.25, 0.3) is 0 Å². The summed E-state index contributed by atoms with van der Waals surface area (Å²) in [5, 5.41) is 0. The first-order chi connectivity index (χ1) is 6.77. The largest absolute Gasteiger partial charge is 0.490 e. The van der Waals surface area contributed by atoms with Gasteiger partial charge < -0.3 is 10.5 Å². The summed E-state index contributed by atoms with van der Waals surface area (Å²) in [4.78, 5) is 0. The Morgan fingerprint density at radius 1 is 1.43 bits per heavy atom. The minimum absolute atomic E-state index is 0.301. The van der Waals surface area contributed by atoms with Gasteiger partial charge in [0.15, 0.2) is 11.6 Å². The predicted octanol–water partition coefficient (Wildman–Crippen LogP) is 2.19. The molecule has 0 aromatic heterocycles. The molecule has 1 unspecified atom stereocenters. The fourth-order valence-corrected chi connectivity index (χ4v) is 1.12. The Bertz CT molecular complexity index is 274. The first kappa shape index (κ1) is 11.0. The number of benzene rings is 1. The Morgan fingerprint density at radius 3 is 2.71 bits per heavy atom. The molecule has 0 aliphatic carbocycles. The van der Waals surface area contributed by atoms with E-state index in [1.165, 1.54) is 6.07 Å². The zero-order valence-electron chi connectivity index (χ0n) is 8.37. The lowest BCUT2D eigenvalue weighted by atomic mass is 10.1. The molecule has 0 aliphatic heterocycles. The van der Waals surface area contributed by atoms with Crippen molar-refractivity contribution in [3.8, 4) is 5.75 Å². The first-order valence-electron chi connectivity index (χ1n) is 4.85. The van der Waals surface area contributed by atoms with Crippen LogP contribution in [0.1, 0.15) is 13.3 Å². The van der Waals surface area contributed by atoms with Crippen molar-refractivity contribution in [2.45, 2.75) is 13.3 Å². The van der Waals surface area contributed by atoms with Crippen molar-refractivity contribution < 1.29 is 9.13 Å². The highest BCUT2D eigenvalue weighted by atomic mass is 19.1. The molecule has 1 atom stereocenters. The summed E-state index contributed by atoms with van der Waals surface area (Å²) in [6.07, 6.45) is 0.949. The van der Waals surface area contributed by atoms with Crippen LogP contribution in [-0.2, 0) is 0 Å². The fraction of sp³-hybridized carbons (Fsp3) is 0.455. The number of hydrogen-bond donors (Lipinski definition) is 1. The van der Waals surface area contributed by atoms with Crippen molar-refractivity contribution in [1.82, 2.24) is 0 Å². The van der Waals surface area contributed by atoms with Gasteiger partial charge in [-0.1, -0.05) is 19.1 Å². The number of halogens is 1. The topological polar surface area (TPSA) is 35.2 Å². The summed E-state index contributed by atoms with van der Waals surface area (Å²) < 4.78 is 18.4. The lowest BCUT2D eigenvalue weighted by molar-refractivity contribution is 0.239. The molecule has 0 amide bonds. The number of ether oxygens (including phenoxy) is 1. The molecule has 1 rings (SSSR count). The van der Waals surface area contributed by atoms with Crippen molar-refractivity contribution in [2.24, 2.45) is 11.7 Å². The van der Waals surface area contributed by atoms with Crippen LogP contribution in [0.2, 0.25) is 0 Å². The molecule has 1 aromatic carbocycles. The molecule has 0 fully saturated rings. The summed E-state index contributed by atoms with van der Waals surface area (Å²) >= 11 is 0. The van der Waals surface area contributed by atoms with Crippen LogP contribution in [-0.4, -0.2) is 13.2 Å². The lowest BCUT2D eigenvalue weighted by Gasteiger charge is -2.13. The Kier molecular flexibility index (Phi) is 4.40. The van der Waals surface area contributed by atoms with Crippen LogP contribution in [0.4, 0.5) is 4.39 Å². The third kappa shape index (κ3) is 3.00. The second kappa shape index (κ2) is 5.60. The second-order valence-electron chi connectivity index (χ2n) is 3.25. The predicted molar refractivity (Wildman–Crippen MR) is 54.7 cm³/mol. The Balaban J connectivity index is 2.49. The Labute approximate surface area is 83.9 Å². The number of rotatable bonds is 5. The molecule has 0 radical (unpaired) electrons. The summed E-state index contributed by atoms with van der Waals surface area (Å²) in [6, 6.07) is 6.40. The third-order valence-electron chi connectivity index (χ3n) is 2.22. The fourth-order valence-electron chi connectivity index (χ4n) is 1.12. The van der Waals surface area contributed by atoms with Crippen LogP contribution in [0.15, 0.2) is 24.3 Å². The zero-order valence-corrected chi connectivity index (χ0v) is 8.37. The summed E-state index contributed by atoms with van der Waals surface area (Å²) in [5.74, 6) is 0.286. The number of para-hydroxylation sites is 1. The van der Waals surface area contributed by atoms with Gasteiger partial charge in [0.1, 0.15) is 0 Å². The Hall–Kier alpha value is -1.09. The molecule has 0 saturated carbocycles. The van der Waals surface area contributed by atoms with E-state index in [1.807, 2.05) is 6.92 Å². The maximum absolute atomic E-state index is 13.1. The SMILES string of the molecule is CCC(CN)COc1ccccc1F. The molecule has 3 heteroatoms. The molecule has 0 aliphatic rings. The average Bonchev–Trinajstić information content (AvgIpc) is 2.22. The van der Waals surface area contributed by atoms with Crippen molar-refractivity contribution >= 4 is 0 Å². The monoisotopic (exact) mass is 197 g/mol. The van der Waals surface area contributed by atoms with Crippen LogP contribution < -0.4 is 10.5 Å². The molecular weight excluding hydrogens is 181 g/mol. The highest BCUT2D eigenvalue weighted by molar-refractivity contribution is 5.23. The molecule has 78 valence electrons. The van der Waals surface area contributed by atoms with Crippen LogP contribution in [0, 0.1) is 11.7 Å². The van der Waals surface area contributed by atoms with Crippen LogP contribution in [0.5, 0.6) is 5.75 Å². The van der Waals surface area contributed by atoms with Gasteiger partial charge in [0.05, 0.1) is 6.61 Å². The smallest absolute Gasteiger partial charge is 0.165 e. The van der Waals surface area contributed by atoms with Gasteiger partial charge in [-0.05, 0) is 25.1 Å². The van der Waals surface area contributed by atoms with Crippen molar-refractivity contribution in [3.05, 3.63) is 30.1 Å². The van der Waals surface area contributed by atoms with E-state index >= 15 is 0 Å². The standard InChI is InChI=1S/C11H16FNO/c1-2-9(7-13)8-14-11-6-4-3-5-10(11)12/h3-6,9H,2,7-8,13H2,1H3. The molecule has 2 N–H and O–H groups in total. The van der Waals surface area contributed by atoms with Crippen LogP contribution in [0.25, 0.3) is 0 Å². The van der Waals surface area contributed by atoms with Gasteiger partial charge >= 0.3 is 0 Å². The van der Waals surface area contributed by atoms with E-state index in [-0.39, 0.29) is 5.82 Å². The minimum atomic E-state index is -0.320. The Morgan fingerprint density at radius 2 is 2.14 bits per heavy atom. The molecule has 2 nitrogen and oxygen atoms in total. The van der Waals surface area contributed by atoms with E-state index in [0.29, 0.717) is 24.8 Å². The molecule has 0 heterocycles. The van der Waals surface area contributed by atoms with Crippen LogP contribution in [0.3, 0.4) is 0 Å². The number of hydrogen-bond acceptors (Lipinski definition) is 2. The average molecular weight is 197 g/mol. The lowest BCUT2D eigenvalue weighted by Crippen LogP contribution is -2.20. The minimum Gasteiger partial charge on any atom is -0.490 e. The van der Waals surface area contributed by atoms with Crippen LogP contribution >= 0.6 is 0 Å². The molecular formula is C11H16FNO. The number of nitrogens with two attached hydrogens (primary N) is 1. The summed E-state index contributed by atoms with van der Waals surface area (Å²) in [5.41, 5.74) is 5.51. The maximum atomic E-state index is 13.1. The highest BCUT2D eigenvalue weighted by Crippen LogP contribution is 2.16. The van der Waals surface area contributed by atoms with E-state index in [4.69, 9.17) is 10.5 Å². The van der Waals surface area contributed by atoms with E-state index < -0.39 is 0 Å². The van der Waals surface area contributed by atoms with Gasteiger partial charge in [-0.15, -0.1) is 0 Å². The van der Waals surface area contributed by atoms with Gasteiger partial charge in [-0.2, -0.15) is 0 Å². The summed E-state index contributed by atoms with van der Waals surface area (Å²) in [6.45, 7) is 3.10. The summed E-state index contributed by atoms with van der Waals surface area (Å²) in [7, 11) is 0. The van der Waals surface area contributed by atoms with Gasteiger partial charge in [0, 0.05) is 5.92 Å². The highest BCUT2D eigenvalue weighted by Gasteiger charge is 2.06. The van der Waals surface area contributed by atoms with Crippen molar-refractivity contribution in [3.63, 3.8) is 0 Å². The zero-order chi connectivity index (χ0) is 10.4. The van der Waals surface area contributed by atoms with E-state index in [9.17, 15) is 4.39 Å². The third-order valence-corrected chi connectivity index (χ3v) is 2.22. The quantitative estimate of drug-likeness (QED) is 0.785. The van der Waals surface area contributed by atoms with Gasteiger partial charge in [0.2, 0.25) is 0 Å². The van der Waals surface area contributed by atoms with Crippen molar-refractivity contribution in [2.75, 3.05) is 13.2 Å². The first-order valence-corrected chi connectivity index (χ1v) is 4.85. The molecule has 14 heavy (non-hydrogen) atoms.